The number of rotatable bonds is 10. The Morgan fingerprint density at radius 3 is 2.62 bits per heavy atom. The maximum Gasteiger partial charge on any atom is 0.307 e. The van der Waals surface area contributed by atoms with Gasteiger partial charge < -0.3 is 14.8 Å². The zero-order valence-electron chi connectivity index (χ0n) is 13.4. The van der Waals surface area contributed by atoms with Crippen LogP contribution in [0.25, 0.3) is 0 Å². The highest BCUT2D eigenvalue weighted by atomic mass is 16.5. The van der Waals surface area contributed by atoms with Gasteiger partial charge in [0.2, 0.25) is 0 Å². The Labute approximate surface area is 127 Å². The van der Waals surface area contributed by atoms with Gasteiger partial charge in [0.25, 0.3) is 0 Å². The second-order valence-electron chi connectivity index (χ2n) is 5.17. The maximum absolute atomic E-state index is 11.5. The van der Waals surface area contributed by atoms with Gasteiger partial charge >= 0.3 is 5.97 Å². The molecule has 0 saturated carbocycles. The zero-order valence-corrected chi connectivity index (χ0v) is 13.4. The van der Waals surface area contributed by atoms with E-state index in [0.717, 1.165) is 32.6 Å². The molecule has 21 heavy (non-hydrogen) atoms. The summed E-state index contributed by atoms with van der Waals surface area (Å²) in [4.78, 5) is 11.5. The fourth-order valence-electron chi connectivity index (χ4n) is 2.13. The van der Waals surface area contributed by atoms with Gasteiger partial charge in [-0.3, -0.25) is 4.79 Å². The van der Waals surface area contributed by atoms with Crippen molar-refractivity contribution in [2.24, 2.45) is 0 Å². The number of esters is 1. The van der Waals surface area contributed by atoms with Gasteiger partial charge in [0.1, 0.15) is 0 Å². The van der Waals surface area contributed by atoms with Crippen molar-refractivity contribution in [2.75, 3.05) is 26.9 Å². The van der Waals surface area contributed by atoms with Crippen LogP contribution in [-0.2, 0) is 20.7 Å². The highest BCUT2D eigenvalue weighted by Crippen LogP contribution is 2.09. The van der Waals surface area contributed by atoms with Gasteiger partial charge in [0.05, 0.1) is 13.5 Å². The number of methoxy groups -OCH3 is 1. The highest BCUT2D eigenvalue weighted by molar-refractivity contribution is 5.70. The van der Waals surface area contributed by atoms with Gasteiger partial charge in [0.15, 0.2) is 0 Å². The topological polar surface area (TPSA) is 47.6 Å². The second-order valence-corrected chi connectivity index (χ2v) is 5.17. The molecular formula is C17H27NO3. The van der Waals surface area contributed by atoms with Crippen molar-refractivity contribution >= 4 is 5.97 Å². The third kappa shape index (κ3) is 7.83. The first kappa shape index (κ1) is 17.7. The van der Waals surface area contributed by atoms with Crippen molar-refractivity contribution in [1.82, 2.24) is 5.32 Å². The first-order valence-electron chi connectivity index (χ1n) is 7.59. The number of benzene rings is 1. The normalized spacial score (nSPS) is 12.1. The van der Waals surface area contributed by atoms with Gasteiger partial charge in [-0.05, 0) is 38.8 Å². The molecule has 0 aliphatic heterocycles. The Kier molecular flexibility index (Phi) is 8.71. The third-order valence-corrected chi connectivity index (χ3v) is 3.35. The van der Waals surface area contributed by atoms with Crippen LogP contribution in [0, 0.1) is 6.92 Å². The molecule has 0 bridgehead atoms. The first-order valence-corrected chi connectivity index (χ1v) is 7.59. The quantitative estimate of drug-likeness (QED) is 0.532. The highest BCUT2D eigenvalue weighted by Gasteiger charge is 2.14. The summed E-state index contributed by atoms with van der Waals surface area (Å²) >= 11 is 0. The van der Waals surface area contributed by atoms with Crippen molar-refractivity contribution in [2.45, 2.75) is 39.2 Å². The molecule has 0 aromatic heterocycles. The number of nitrogens with one attached hydrogen (secondary N) is 1. The van der Waals surface area contributed by atoms with Crippen LogP contribution in [0.3, 0.4) is 0 Å². The third-order valence-electron chi connectivity index (χ3n) is 3.35. The van der Waals surface area contributed by atoms with Gasteiger partial charge in [-0.25, -0.2) is 0 Å². The van der Waals surface area contributed by atoms with Crippen LogP contribution in [0.5, 0.6) is 0 Å². The smallest absolute Gasteiger partial charge is 0.307 e. The van der Waals surface area contributed by atoms with E-state index in [1.807, 2.05) is 6.92 Å². The van der Waals surface area contributed by atoms with Gasteiger partial charge in [-0.1, -0.05) is 29.8 Å². The van der Waals surface area contributed by atoms with Gasteiger partial charge in [-0.15, -0.1) is 0 Å². The minimum absolute atomic E-state index is 0.0989. The molecule has 1 N–H and O–H groups in total. The average molecular weight is 293 g/mol. The average Bonchev–Trinajstić information content (AvgIpc) is 2.49. The van der Waals surface area contributed by atoms with Crippen molar-refractivity contribution in [3.05, 3.63) is 35.4 Å². The van der Waals surface area contributed by atoms with Crippen molar-refractivity contribution in [1.29, 1.82) is 0 Å². The van der Waals surface area contributed by atoms with Crippen LogP contribution < -0.4 is 5.32 Å². The number of carbonyl (C=O) groups is 1. The molecule has 0 fully saturated rings. The molecule has 1 rings (SSSR count). The number of ether oxygens (including phenoxy) is 2. The summed E-state index contributed by atoms with van der Waals surface area (Å²) < 4.78 is 10.1. The molecule has 4 nitrogen and oxygen atoms in total. The molecule has 1 aromatic carbocycles. The zero-order chi connectivity index (χ0) is 15.5. The van der Waals surface area contributed by atoms with Crippen LogP contribution >= 0.6 is 0 Å². The van der Waals surface area contributed by atoms with E-state index in [2.05, 4.69) is 36.5 Å². The molecule has 0 aliphatic rings. The first-order chi connectivity index (χ1) is 10.2. The van der Waals surface area contributed by atoms with Crippen LogP contribution in [-0.4, -0.2) is 38.9 Å². The minimum Gasteiger partial charge on any atom is -0.469 e. The summed E-state index contributed by atoms with van der Waals surface area (Å²) in [6.07, 6.45) is 2.16. The van der Waals surface area contributed by atoms with E-state index in [9.17, 15) is 4.79 Å². The van der Waals surface area contributed by atoms with E-state index < -0.39 is 0 Å². The van der Waals surface area contributed by atoms with Crippen LogP contribution in [0.4, 0.5) is 0 Å². The van der Waals surface area contributed by atoms with Gasteiger partial charge in [0, 0.05) is 19.3 Å². The van der Waals surface area contributed by atoms with E-state index in [4.69, 9.17) is 9.47 Å². The molecule has 118 valence electrons. The summed E-state index contributed by atoms with van der Waals surface area (Å²) in [6.45, 7) is 6.40. The fourth-order valence-corrected chi connectivity index (χ4v) is 2.13. The largest absolute Gasteiger partial charge is 0.469 e. The van der Waals surface area contributed by atoms with E-state index in [-0.39, 0.29) is 12.0 Å². The molecule has 0 heterocycles. The molecule has 0 saturated heterocycles. The maximum atomic E-state index is 11.5. The SMILES string of the molecule is CCOCCCNC(CC(=O)OC)Cc1ccc(C)cc1. The van der Waals surface area contributed by atoms with E-state index in [1.54, 1.807) is 0 Å². The van der Waals surface area contributed by atoms with Crippen molar-refractivity contribution in [3.63, 3.8) is 0 Å². The predicted octanol–water partition coefficient (Wildman–Crippen LogP) is 2.49. The van der Waals surface area contributed by atoms with Crippen LogP contribution in [0.15, 0.2) is 24.3 Å². The molecular weight excluding hydrogens is 266 g/mol. The summed E-state index contributed by atoms with van der Waals surface area (Å²) in [5.74, 6) is -0.176. The van der Waals surface area contributed by atoms with E-state index >= 15 is 0 Å². The van der Waals surface area contributed by atoms with E-state index in [0.29, 0.717) is 6.42 Å². The minimum atomic E-state index is -0.176. The Hall–Kier alpha value is -1.39. The molecule has 0 spiro atoms. The lowest BCUT2D eigenvalue weighted by Gasteiger charge is -2.18. The lowest BCUT2D eigenvalue weighted by molar-refractivity contribution is -0.141. The molecule has 0 radical (unpaired) electrons. The Balaban J connectivity index is 2.47. The van der Waals surface area contributed by atoms with Gasteiger partial charge in [-0.2, -0.15) is 0 Å². The van der Waals surface area contributed by atoms with E-state index in [1.165, 1.54) is 18.2 Å². The Morgan fingerprint density at radius 1 is 1.29 bits per heavy atom. The summed E-state index contributed by atoms with van der Waals surface area (Å²) in [5.41, 5.74) is 2.47. The van der Waals surface area contributed by atoms with Crippen LogP contribution in [0.2, 0.25) is 0 Å². The number of hydrogen-bond acceptors (Lipinski definition) is 4. The monoisotopic (exact) mass is 293 g/mol. The predicted molar refractivity (Wildman–Crippen MR) is 84.4 cm³/mol. The standard InChI is InChI=1S/C17H27NO3/c1-4-21-11-5-10-18-16(13-17(19)20-3)12-15-8-6-14(2)7-9-15/h6-9,16,18H,4-5,10-13H2,1-3H3. The molecule has 1 unspecified atom stereocenters. The molecule has 1 aromatic rings. The summed E-state index contributed by atoms with van der Waals surface area (Å²) in [5, 5.41) is 3.43. The fraction of sp³-hybridized carbons (Fsp3) is 0.588. The van der Waals surface area contributed by atoms with Crippen molar-refractivity contribution < 1.29 is 14.3 Å². The van der Waals surface area contributed by atoms with Crippen LogP contribution in [0.1, 0.15) is 30.9 Å². The summed E-state index contributed by atoms with van der Waals surface area (Å²) in [7, 11) is 1.43. The molecule has 4 heteroatoms. The number of hydrogen-bond donors (Lipinski definition) is 1. The second kappa shape index (κ2) is 10.4. The Morgan fingerprint density at radius 2 is 2.00 bits per heavy atom. The number of carbonyl (C=O) groups excluding carboxylic acids is 1. The lowest BCUT2D eigenvalue weighted by atomic mass is 10.0. The Bertz CT molecular complexity index is 403. The lowest BCUT2D eigenvalue weighted by Crippen LogP contribution is -2.34. The molecule has 0 aliphatic carbocycles. The molecule has 0 amide bonds. The van der Waals surface area contributed by atoms with Crippen molar-refractivity contribution in [3.8, 4) is 0 Å². The summed E-state index contributed by atoms with van der Waals surface area (Å²) in [6, 6.07) is 8.52. The number of aryl methyl sites for hydroxylation is 1. The molecule has 1 atom stereocenters.